The van der Waals surface area contributed by atoms with Crippen LogP contribution in [0.2, 0.25) is 0 Å². The van der Waals surface area contributed by atoms with E-state index >= 15 is 0 Å². The van der Waals surface area contributed by atoms with Gasteiger partial charge in [-0.3, -0.25) is 4.79 Å². The zero-order chi connectivity index (χ0) is 15.1. The maximum atomic E-state index is 12.4. The van der Waals surface area contributed by atoms with Gasteiger partial charge in [-0.2, -0.15) is 0 Å². The van der Waals surface area contributed by atoms with Gasteiger partial charge in [-0.05, 0) is 43.0 Å². The van der Waals surface area contributed by atoms with Crippen molar-refractivity contribution >= 4 is 5.91 Å². The number of amides is 1. The molecule has 0 spiro atoms. The van der Waals surface area contributed by atoms with Crippen molar-refractivity contribution in [3.63, 3.8) is 0 Å². The van der Waals surface area contributed by atoms with E-state index in [1.807, 2.05) is 17.0 Å². The zero-order valence-electron chi connectivity index (χ0n) is 12.1. The SMILES string of the molecule is O=C(c1ccc(C#CCCO)cc1)N1CCC(CCO)C1. The van der Waals surface area contributed by atoms with Gasteiger partial charge >= 0.3 is 0 Å². The number of nitrogens with zero attached hydrogens (tertiary/aromatic N) is 1. The molecule has 4 heteroatoms. The molecular formula is C17H21NO3. The molecule has 1 fully saturated rings. The van der Waals surface area contributed by atoms with Gasteiger partial charge in [0.1, 0.15) is 0 Å². The van der Waals surface area contributed by atoms with Crippen LogP contribution < -0.4 is 0 Å². The normalized spacial score (nSPS) is 17.4. The highest BCUT2D eigenvalue weighted by Crippen LogP contribution is 2.21. The summed E-state index contributed by atoms with van der Waals surface area (Å²) in [6, 6.07) is 7.26. The van der Waals surface area contributed by atoms with Gasteiger partial charge in [0.05, 0.1) is 6.61 Å². The topological polar surface area (TPSA) is 60.8 Å². The molecule has 0 bridgehead atoms. The number of carbonyl (C=O) groups excluding carboxylic acids is 1. The number of aliphatic hydroxyl groups excluding tert-OH is 2. The van der Waals surface area contributed by atoms with Crippen LogP contribution in [0.1, 0.15) is 35.2 Å². The Morgan fingerprint density at radius 1 is 1.24 bits per heavy atom. The maximum Gasteiger partial charge on any atom is 0.253 e. The number of carbonyl (C=O) groups is 1. The van der Waals surface area contributed by atoms with E-state index in [1.165, 1.54) is 0 Å². The van der Waals surface area contributed by atoms with E-state index < -0.39 is 0 Å². The Kier molecular flexibility index (Phi) is 5.79. The number of benzene rings is 1. The Hall–Kier alpha value is -1.83. The van der Waals surface area contributed by atoms with Crippen molar-refractivity contribution in [2.24, 2.45) is 5.92 Å². The Labute approximate surface area is 125 Å². The predicted octanol–water partition coefficient (Wildman–Crippen LogP) is 1.26. The third-order valence-electron chi connectivity index (χ3n) is 3.71. The van der Waals surface area contributed by atoms with Crippen LogP contribution in [-0.4, -0.2) is 47.3 Å². The van der Waals surface area contributed by atoms with Crippen LogP contribution in [-0.2, 0) is 0 Å². The lowest BCUT2D eigenvalue weighted by Crippen LogP contribution is -2.28. The molecule has 2 N–H and O–H groups in total. The summed E-state index contributed by atoms with van der Waals surface area (Å²) in [5.41, 5.74) is 1.52. The first-order chi connectivity index (χ1) is 10.2. The minimum Gasteiger partial charge on any atom is -0.396 e. The first kappa shape index (κ1) is 15.6. The summed E-state index contributed by atoms with van der Waals surface area (Å²) in [6.07, 6.45) is 2.20. The van der Waals surface area contributed by atoms with Crippen molar-refractivity contribution in [2.45, 2.75) is 19.3 Å². The molecule has 0 aliphatic carbocycles. The van der Waals surface area contributed by atoms with Gasteiger partial charge in [-0.25, -0.2) is 0 Å². The molecule has 1 saturated heterocycles. The van der Waals surface area contributed by atoms with E-state index in [4.69, 9.17) is 10.2 Å². The van der Waals surface area contributed by atoms with Gasteiger partial charge < -0.3 is 15.1 Å². The molecular weight excluding hydrogens is 266 g/mol. The van der Waals surface area contributed by atoms with Crippen LogP contribution in [0.5, 0.6) is 0 Å². The Morgan fingerprint density at radius 2 is 2.00 bits per heavy atom. The van der Waals surface area contributed by atoms with Gasteiger partial charge in [-0.1, -0.05) is 11.8 Å². The third-order valence-corrected chi connectivity index (χ3v) is 3.71. The van der Waals surface area contributed by atoms with E-state index in [9.17, 15) is 4.79 Å². The van der Waals surface area contributed by atoms with Crippen LogP contribution in [0.3, 0.4) is 0 Å². The van der Waals surface area contributed by atoms with Crippen molar-refractivity contribution in [1.82, 2.24) is 4.90 Å². The third kappa shape index (κ3) is 4.32. The van der Waals surface area contributed by atoms with Gasteiger partial charge in [0.2, 0.25) is 0 Å². The van der Waals surface area contributed by atoms with Gasteiger partial charge in [-0.15, -0.1) is 0 Å². The molecule has 0 radical (unpaired) electrons. The fourth-order valence-electron chi connectivity index (χ4n) is 2.53. The van der Waals surface area contributed by atoms with Crippen molar-refractivity contribution in [1.29, 1.82) is 0 Å². The molecule has 4 nitrogen and oxygen atoms in total. The molecule has 1 atom stereocenters. The minimum atomic E-state index is 0.0466. The monoisotopic (exact) mass is 287 g/mol. The molecule has 0 aromatic heterocycles. The molecule has 1 aliphatic rings. The van der Waals surface area contributed by atoms with E-state index in [2.05, 4.69) is 11.8 Å². The maximum absolute atomic E-state index is 12.4. The lowest BCUT2D eigenvalue weighted by molar-refractivity contribution is 0.0784. The van der Waals surface area contributed by atoms with Crippen molar-refractivity contribution < 1.29 is 15.0 Å². The highest BCUT2D eigenvalue weighted by atomic mass is 16.3. The first-order valence-electron chi connectivity index (χ1n) is 7.34. The summed E-state index contributed by atoms with van der Waals surface area (Å²) < 4.78 is 0. The average molecular weight is 287 g/mol. The van der Waals surface area contributed by atoms with E-state index in [1.54, 1.807) is 12.1 Å². The highest BCUT2D eigenvalue weighted by molar-refractivity contribution is 5.94. The number of hydrogen-bond donors (Lipinski definition) is 2. The molecule has 0 saturated carbocycles. The number of likely N-dealkylation sites (tertiary alicyclic amines) is 1. The first-order valence-corrected chi connectivity index (χ1v) is 7.34. The van der Waals surface area contributed by atoms with Crippen LogP contribution in [0, 0.1) is 17.8 Å². The minimum absolute atomic E-state index is 0.0466. The number of aliphatic hydroxyl groups is 2. The zero-order valence-corrected chi connectivity index (χ0v) is 12.1. The van der Waals surface area contributed by atoms with Crippen molar-refractivity contribution in [2.75, 3.05) is 26.3 Å². The number of hydrogen-bond acceptors (Lipinski definition) is 3. The summed E-state index contributed by atoms with van der Waals surface area (Å²) >= 11 is 0. The van der Waals surface area contributed by atoms with Gasteiger partial charge in [0.15, 0.2) is 0 Å². The van der Waals surface area contributed by atoms with E-state index in [0.717, 1.165) is 31.5 Å². The molecule has 1 aliphatic heterocycles. The lowest BCUT2D eigenvalue weighted by Gasteiger charge is -2.16. The smallest absolute Gasteiger partial charge is 0.253 e. The molecule has 1 heterocycles. The summed E-state index contributed by atoms with van der Waals surface area (Å²) in [4.78, 5) is 14.2. The second-order valence-electron chi connectivity index (χ2n) is 5.27. The molecule has 1 aromatic carbocycles. The van der Waals surface area contributed by atoms with Crippen LogP contribution >= 0.6 is 0 Å². The summed E-state index contributed by atoms with van der Waals surface area (Å²) in [7, 11) is 0. The van der Waals surface area contributed by atoms with Crippen LogP contribution in [0.15, 0.2) is 24.3 Å². The second-order valence-corrected chi connectivity index (χ2v) is 5.27. The summed E-state index contributed by atoms with van der Waals surface area (Å²) in [5, 5.41) is 17.6. The molecule has 112 valence electrons. The summed E-state index contributed by atoms with van der Waals surface area (Å²) in [6.45, 7) is 1.75. The van der Waals surface area contributed by atoms with Gasteiger partial charge in [0, 0.05) is 37.2 Å². The molecule has 1 unspecified atom stereocenters. The highest BCUT2D eigenvalue weighted by Gasteiger charge is 2.26. The predicted molar refractivity (Wildman–Crippen MR) is 80.7 cm³/mol. The molecule has 2 rings (SSSR count). The largest absolute Gasteiger partial charge is 0.396 e. The number of rotatable bonds is 4. The Bertz CT molecular complexity index is 527. The summed E-state index contributed by atoms with van der Waals surface area (Å²) in [5.74, 6) is 6.26. The fourth-order valence-corrected chi connectivity index (χ4v) is 2.53. The molecule has 21 heavy (non-hydrogen) atoms. The van der Waals surface area contributed by atoms with Crippen LogP contribution in [0.25, 0.3) is 0 Å². The standard InChI is InChI=1S/C17H21NO3/c19-11-2-1-3-14-4-6-16(7-5-14)17(21)18-10-8-15(13-18)9-12-20/h4-7,15,19-20H,2,8-13H2. The van der Waals surface area contributed by atoms with Crippen molar-refractivity contribution in [3.05, 3.63) is 35.4 Å². The van der Waals surface area contributed by atoms with Crippen LogP contribution in [0.4, 0.5) is 0 Å². The molecule has 1 amide bonds. The molecule has 1 aromatic rings. The second kappa shape index (κ2) is 7.82. The van der Waals surface area contributed by atoms with Gasteiger partial charge in [0.25, 0.3) is 5.91 Å². The lowest BCUT2D eigenvalue weighted by atomic mass is 10.1. The fraction of sp³-hybridized carbons (Fsp3) is 0.471. The van der Waals surface area contributed by atoms with E-state index in [-0.39, 0.29) is 19.1 Å². The Morgan fingerprint density at radius 3 is 2.67 bits per heavy atom. The Balaban J connectivity index is 1.96. The average Bonchev–Trinajstić information content (AvgIpc) is 2.97. The van der Waals surface area contributed by atoms with E-state index in [0.29, 0.717) is 17.9 Å². The quantitative estimate of drug-likeness (QED) is 0.820. The van der Waals surface area contributed by atoms with Crippen molar-refractivity contribution in [3.8, 4) is 11.8 Å².